The first-order valence-electron chi connectivity index (χ1n) is 5.27. The predicted molar refractivity (Wildman–Crippen MR) is 59.9 cm³/mol. The number of hydrogen-bond acceptors (Lipinski definition) is 3. The lowest BCUT2D eigenvalue weighted by molar-refractivity contribution is 0.146. The Balaban J connectivity index is 3.15. The van der Waals surface area contributed by atoms with Crippen LogP contribution in [0.1, 0.15) is 24.0 Å². The Bertz CT molecular complexity index is 367. The average molecular weight is 246 g/mol. The monoisotopic (exact) mass is 246 g/mol. The molecule has 0 aliphatic rings. The third kappa shape index (κ3) is 3.30. The Morgan fingerprint density at radius 1 is 1.24 bits per heavy atom. The molecule has 0 aliphatic heterocycles. The van der Waals surface area contributed by atoms with Gasteiger partial charge in [0.2, 0.25) is 0 Å². The number of ether oxygens (including phenoxy) is 2. The fraction of sp³-hybridized carbons (Fsp3) is 0.500. The van der Waals surface area contributed by atoms with Gasteiger partial charge in [0.1, 0.15) is 0 Å². The molecule has 1 rings (SSSR count). The average Bonchev–Trinajstić information content (AvgIpc) is 2.34. The number of alkyl halides is 2. The van der Waals surface area contributed by atoms with Crippen molar-refractivity contribution in [1.29, 1.82) is 0 Å². The second-order valence-corrected chi connectivity index (χ2v) is 3.55. The molecule has 0 radical (unpaired) electrons. The second-order valence-electron chi connectivity index (χ2n) is 3.55. The molecule has 1 aromatic carbocycles. The Labute approximate surface area is 99.0 Å². The maximum Gasteiger partial charge on any atom is 0.267 e. The first kappa shape index (κ1) is 13.7. The number of aliphatic hydroxyl groups is 1. The van der Waals surface area contributed by atoms with Gasteiger partial charge in [-0.25, -0.2) is 8.78 Å². The normalized spacial score (nSPS) is 10.7. The largest absolute Gasteiger partial charge is 0.493 e. The molecular weight excluding hydrogens is 230 g/mol. The molecule has 0 fully saturated rings. The summed E-state index contributed by atoms with van der Waals surface area (Å²) in [5.74, 6) is 0.355. The molecule has 0 unspecified atom stereocenters. The van der Waals surface area contributed by atoms with Gasteiger partial charge < -0.3 is 14.6 Å². The van der Waals surface area contributed by atoms with Crippen LogP contribution in [0.4, 0.5) is 8.78 Å². The third-order valence-electron chi connectivity index (χ3n) is 2.43. The van der Waals surface area contributed by atoms with Crippen molar-refractivity contribution in [2.75, 3.05) is 20.8 Å². The maximum absolute atomic E-state index is 12.8. The van der Waals surface area contributed by atoms with Crippen molar-refractivity contribution in [2.45, 2.75) is 19.3 Å². The van der Waals surface area contributed by atoms with Gasteiger partial charge in [0, 0.05) is 6.61 Å². The topological polar surface area (TPSA) is 38.7 Å². The van der Waals surface area contributed by atoms with Gasteiger partial charge in [-0.2, -0.15) is 0 Å². The van der Waals surface area contributed by atoms with Crippen molar-refractivity contribution in [3.63, 3.8) is 0 Å². The lowest BCUT2D eigenvalue weighted by atomic mass is 10.0. The van der Waals surface area contributed by atoms with E-state index in [-0.39, 0.29) is 17.9 Å². The van der Waals surface area contributed by atoms with Crippen LogP contribution in [0.5, 0.6) is 11.5 Å². The first-order valence-corrected chi connectivity index (χ1v) is 5.27. The Kier molecular flexibility index (Phi) is 5.15. The molecule has 0 aliphatic carbocycles. The number of methoxy groups -OCH3 is 2. The van der Waals surface area contributed by atoms with Crippen molar-refractivity contribution in [1.82, 2.24) is 0 Å². The molecule has 0 heterocycles. The maximum atomic E-state index is 12.8. The lowest BCUT2D eigenvalue weighted by Crippen LogP contribution is -2.00. The molecule has 1 N–H and O–H groups in total. The van der Waals surface area contributed by atoms with Gasteiger partial charge in [-0.05, 0) is 30.5 Å². The number of aryl methyl sites for hydroxylation is 1. The number of benzene rings is 1. The molecule has 96 valence electrons. The number of halogens is 2. The van der Waals surface area contributed by atoms with E-state index in [0.717, 1.165) is 0 Å². The summed E-state index contributed by atoms with van der Waals surface area (Å²) >= 11 is 0. The third-order valence-corrected chi connectivity index (χ3v) is 2.43. The van der Waals surface area contributed by atoms with Crippen LogP contribution in [0.25, 0.3) is 0 Å². The van der Waals surface area contributed by atoms with Crippen LogP contribution in [-0.4, -0.2) is 25.9 Å². The minimum absolute atomic E-state index is 0.0261. The van der Waals surface area contributed by atoms with Crippen LogP contribution >= 0.6 is 0 Å². The molecule has 0 aromatic heterocycles. The standard InChI is InChI=1S/C12H16F2O3/c1-16-10-7-8(4-3-5-15)6-9(12(13)14)11(10)17-2/h6-7,12,15H,3-5H2,1-2H3. The first-order chi connectivity index (χ1) is 8.13. The van der Waals surface area contributed by atoms with Crippen molar-refractivity contribution in [3.05, 3.63) is 23.3 Å². The summed E-state index contributed by atoms with van der Waals surface area (Å²) < 4.78 is 35.7. The van der Waals surface area contributed by atoms with Crippen molar-refractivity contribution < 1.29 is 23.4 Å². The van der Waals surface area contributed by atoms with Gasteiger partial charge in [-0.3, -0.25) is 0 Å². The molecular formula is C12H16F2O3. The summed E-state index contributed by atoms with van der Waals surface area (Å²) in [6, 6.07) is 3.04. The summed E-state index contributed by atoms with van der Waals surface area (Å²) in [5, 5.41) is 8.73. The van der Waals surface area contributed by atoms with E-state index >= 15 is 0 Å². The summed E-state index contributed by atoms with van der Waals surface area (Å²) in [4.78, 5) is 0. The van der Waals surface area contributed by atoms with Crippen molar-refractivity contribution >= 4 is 0 Å². The molecule has 0 atom stereocenters. The molecule has 0 spiro atoms. The molecule has 0 saturated heterocycles. The van der Waals surface area contributed by atoms with E-state index in [2.05, 4.69) is 0 Å². The van der Waals surface area contributed by atoms with Crippen LogP contribution in [0, 0.1) is 0 Å². The SMILES string of the molecule is COc1cc(CCCO)cc(C(F)F)c1OC. The van der Waals surface area contributed by atoms with Crippen LogP contribution < -0.4 is 9.47 Å². The summed E-state index contributed by atoms with van der Waals surface area (Å²) in [6.07, 6.45) is -1.57. The van der Waals surface area contributed by atoms with Gasteiger partial charge in [0.15, 0.2) is 11.5 Å². The zero-order chi connectivity index (χ0) is 12.8. The Morgan fingerprint density at radius 2 is 1.94 bits per heavy atom. The molecule has 0 amide bonds. The van der Waals surface area contributed by atoms with Gasteiger partial charge >= 0.3 is 0 Å². The van der Waals surface area contributed by atoms with E-state index < -0.39 is 6.43 Å². The molecule has 0 saturated carbocycles. The number of aliphatic hydroxyl groups excluding tert-OH is 1. The molecule has 1 aromatic rings. The van der Waals surface area contributed by atoms with Crippen LogP contribution in [0.2, 0.25) is 0 Å². The van der Waals surface area contributed by atoms with Crippen LogP contribution in [0.15, 0.2) is 12.1 Å². The minimum Gasteiger partial charge on any atom is -0.493 e. The Morgan fingerprint density at radius 3 is 2.41 bits per heavy atom. The summed E-state index contributed by atoms with van der Waals surface area (Å²) in [6.45, 7) is 0.0261. The van der Waals surface area contributed by atoms with E-state index in [0.29, 0.717) is 24.2 Å². The lowest BCUT2D eigenvalue weighted by Gasteiger charge is -2.14. The van der Waals surface area contributed by atoms with Gasteiger partial charge in [0.25, 0.3) is 6.43 Å². The molecule has 5 heteroatoms. The number of hydrogen-bond donors (Lipinski definition) is 1. The highest BCUT2D eigenvalue weighted by Gasteiger charge is 2.19. The highest BCUT2D eigenvalue weighted by Crippen LogP contribution is 2.38. The molecule has 17 heavy (non-hydrogen) atoms. The smallest absolute Gasteiger partial charge is 0.267 e. The minimum atomic E-state index is -2.62. The van der Waals surface area contributed by atoms with Crippen molar-refractivity contribution in [3.8, 4) is 11.5 Å². The quantitative estimate of drug-likeness (QED) is 0.838. The zero-order valence-electron chi connectivity index (χ0n) is 9.87. The van der Waals surface area contributed by atoms with E-state index in [1.54, 1.807) is 6.07 Å². The summed E-state index contributed by atoms with van der Waals surface area (Å²) in [7, 11) is 2.74. The van der Waals surface area contributed by atoms with E-state index in [1.807, 2.05) is 0 Å². The fourth-order valence-corrected chi connectivity index (χ4v) is 1.64. The molecule has 3 nitrogen and oxygen atoms in total. The van der Waals surface area contributed by atoms with Gasteiger partial charge in [0.05, 0.1) is 19.8 Å². The van der Waals surface area contributed by atoms with Gasteiger partial charge in [-0.1, -0.05) is 0 Å². The number of rotatable bonds is 6. The highest BCUT2D eigenvalue weighted by molar-refractivity contribution is 5.50. The predicted octanol–water partition coefficient (Wildman–Crippen LogP) is 2.57. The Hall–Kier alpha value is -1.36. The van der Waals surface area contributed by atoms with E-state index in [4.69, 9.17) is 14.6 Å². The summed E-state index contributed by atoms with van der Waals surface area (Å²) in [5.41, 5.74) is 0.520. The zero-order valence-corrected chi connectivity index (χ0v) is 9.87. The molecule has 0 bridgehead atoms. The van der Waals surface area contributed by atoms with Gasteiger partial charge in [-0.15, -0.1) is 0 Å². The second kappa shape index (κ2) is 6.39. The van der Waals surface area contributed by atoms with Crippen LogP contribution in [-0.2, 0) is 6.42 Å². The van der Waals surface area contributed by atoms with Crippen molar-refractivity contribution in [2.24, 2.45) is 0 Å². The fourth-order valence-electron chi connectivity index (χ4n) is 1.64. The van der Waals surface area contributed by atoms with E-state index in [9.17, 15) is 8.78 Å². The van der Waals surface area contributed by atoms with Crippen LogP contribution in [0.3, 0.4) is 0 Å². The van der Waals surface area contributed by atoms with E-state index in [1.165, 1.54) is 20.3 Å². The highest BCUT2D eigenvalue weighted by atomic mass is 19.3.